The third-order valence-corrected chi connectivity index (χ3v) is 4.36. The summed E-state index contributed by atoms with van der Waals surface area (Å²) in [5.41, 5.74) is 2.93. The van der Waals surface area contributed by atoms with Crippen LogP contribution in [-0.4, -0.2) is 33.1 Å². The second-order valence-corrected chi connectivity index (χ2v) is 6.68. The minimum atomic E-state index is -0.322. The fourth-order valence-corrected chi connectivity index (χ4v) is 2.87. The first kappa shape index (κ1) is 19.6. The van der Waals surface area contributed by atoms with Crippen LogP contribution in [0.3, 0.4) is 0 Å². The molecule has 0 unspecified atom stereocenters. The third kappa shape index (κ3) is 4.55. The van der Waals surface area contributed by atoms with Crippen LogP contribution in [-0.2, 0) is 7.05 Å². The molecule has 0 aliphatic carbocycles. The quantitative estimate of drug-likeness (QED) is 0.665. The maximum atomic E-state index is 12.6. The van der Waals surface area contributed by atoms with Crippen LogP contribution < -0.4 is 10.6 Å². The molecular weight excluding hydrogens is 378 g/mol. The summed E-state index contributed by atoms with van der Waals surface area (Å²) in [5.74, 6) is -0.560. The van der Waals surface area contributed by atoms with Gasteiger partial charge >= 0.3 is 0 Å². The largest absolute Gasteiger partial charge is 0.352 e. The fraction of sp³-hybridized carbons (Fsp3) is 0.200. The number of carbonyl (C=O) groups excluding carboxylic acids is 2. The van der Waals surface area contributed by atoms with E-state index in [0.717, 1.165) is 17.5 Å². The van der Waals surface area contributed by atoms with Gasteiger partial charge in [0.1, 0.15) is 0 Å². The van der Waals surface area contributed by atoms with Crippen LogP contribution in [0.2, 0.25) is 5.02 Å². The Morgan fingerprint density at radius 3 is 2.61 bits per heavy atom. The highest BCUT2D eigenvalue weighted by Crippen LogP contribution is 2.23. The molecule has 0 saturated carbocycles. The monoisotopic (exact) mass is 397 g/mol. The Labute approximate surface area is 167 Å². The first-order valence-corrected chi connectivity index (χ1v) is 9.19. The van der Waals surface area contributed by atoms with E-state index >= 15 is 0 Å². The van der Waals surface area contributed by atoms with E-state index in [1.807, 2.05) is 20.2 Å². The topological polar surface area (TPSA) is 88.9 Å². The van der Waals surface area contributed by atoms with E-state index in [-0.39, 0.29) is 16.8 Å². The molecule has 0 saturated heterocycles. The normalized spacial score (nSPS) is 10.5. The first-order valence-electron chi connectivity index (χ1n) is 8.81. The number of hydrogen-bond donors (Lipinski definition) is 2. The van der Waals surface area contributed by atoms with Crippen LogP contribution in [0.25, 0.3) is 11.1 Å². The van der Waals surface area contributed by atoms with Crippen molar-refractivity contribution in [3.63, 3.8) is 0 Å². The molecule has 2 heterocycles. The van der Waals surface area contributed by atoms with E-state index in [0.29, 0.717) is 23.4 Å². The Kier molecular flexibility index (Phi) is 6.06. The van der Waals surface area contributed by atoms with Gasteiger partial charge < -0.3 is 10.6 Å². The maximum Gasteiger partial charge on any atom is 0.257 e. The lowest BCUT2D eigenvalue weighted by Crippen LogP contribution is -2.24. The molecule has 28 heavy (non-hydrogen) atoms. The zero-order chi connectivity index (χ0) is 20.1. The van der Waals surface area contributed by atoms with Crippen LogP contribution in [0.1, 0.15) is 34.1 Å². The van der Waals surface area contributed by atoms with Crippen molar-refractivity contribution in [3.05, 3.63) is 65.2 Å². The smallest absolute Gasteiger partial charge is 0.257 e. The Morgan fingerprint density at radius 1 is 1.11 bits per heavy atom. The van der Waals surface area contributed by atoms with Gasteiger partial charge in [-0.15, -0.1) is 0 Å². The highest BCUT2D eigenvalue weighted by atomic mass is 35.5. The van der Waals surface area contributed by atoms with Gasteiger partial charge in [-0.25, -0.2) is 0 Å². The summed E-state index contributed by atoms with van der Waals surface area (Å²) in [4.78, 5) is 28.8. The van der Waals surface area contributed by atoms with Crippen molar-refractivity contribution in [1.29, 1.82) is 0 Å². The molecule has 3 rings (SSSR count). The summed E-state index contributed by atoms with van der Waals surface area (Å²) in [6.45, 7) is 2.55. The third-order valence-electron chi connectivity index (χ3n) is 4.05. The molecule has 0 aliphatic rings. The highest BCUT2D eigenvalue weighted by molar-refractivity contribution is 6.34. The minimum absolute atomic E-state index is 0.238. The van der Waals surface area contributed by atoms with E-state index in [9.17, 15) is 9.59 Å². The van der Waals surface area contributed by atoms with Gasteiger partial charge in [0.2, 0.25) is 0 Å². The van der Waals surface area contributed by atoms with Gasteiger partial charge in [-0.3, -0.25) is 19.3 Å². The SMILES string of the molecule is CCCNC(=O)c1ccc(NC(=O)c2cncc(-c3cnn(C)c3)c2)cc1Cl. The average molecular weight is 398 g/mol. The molecule has 0 atom stereocenters. The number of nitrogens with one attached hydrogen (secondary N) is 2. The molecule has 144 valence electrons. The summed E-state index contributed by atoms with van der Waals surface area (Å²) in [6.07, 6.45) is 7.56. The highest BCUT2D eigenvalue weighted by Gasteiger charge is 2.13. The number of halogens is 1. The van der Waals surface area contributed by atoms with Crippen molar-refractivity contribution in [2.45, 2.75) is 13.3 Å². The Balaban J connectivity index is 1.74. The standard InChI is InChI=1S/C20H20ClN5O2/c1-3-6-23-20(28)17-5-4-16(8-18(17)21)25-19(27)14-7-13(9-22-10-14)15-11-24-26(2)12-15/h4-5,7-12H,3,6H2,1-2H3,(H,23,28)(H,25,27). The van der Waals surface area contributed by atoms with Gasteiger partial charge in [0.25, 0.3) is 11.8 Å². The lowest BCUT2D eigenvalue weighted by Gasteiger charge is -2.09. The summed E-state index contributed by atoms with van der Waals surface area (Å²) in [5, 5.41) is 9.95. The predicted octanol–water partition coefficient (Wildman–Crippen LogP) is 3.53. The molecule has 0 spiro atoms. The van der Waals surface area contributed by atoms with Gasteiger partial charge in [-0.05, 0) is 30.7 Å². The van der Waals surface area contributed by atoms with Gasteiger partial charge in [0.15, 0.2) is 0 Å². The number of anilines is 1. The maximum absolute atomic E-state index is 12.6. The van der Waals surface area contributed by atoms with Crippen LogP contribution in [0.5, 0.6) is 0 Å². The molecule has 0 bridgehead atoms. The number of benzene rings is 1. The number of aromatic nitrogens is 3. The number of aryl methyl sites for hydroxylation is 1. The molecule has 0 aliphatic heterocycles. The fourth-order valence-electron chi connectivity index (χ4n) is 2.61. The van der Waals surface area contributed by atoms with E-state index in [4.69, 9.17) is 11.6 Å². The van der Waals surface area contributed by atoms with Crippen LogP contribution >= 0.6 is 11.6 Å². The number of pyridine rings is 1. The lowest BCUT2D eigenvalue weighted by atomic mass is 10.1. The summed E-state index contributed by atoms with van der Waals surface area (Å²) in [7, 11) is 1.82. The van der Waals surface area contributed by atoms with Gasteiger partial charge in [0.05, 0.1) is 22.3 Å². The average Bonchev–Trinajstić information content (AvgIpc) is 3.12. The molecule has 2 amide bonds. The van der Waals surface area contributed by atoms with Crippen LogP contribution in [0, 0.1) is 0 Å². The molecule has 0 radical (unpaired) electrons. The Bertz CT molecular complexity index is 1020. The number of hydrogen-bond acceptors (Lipinski definition) is 4. The van der Waals surface area contributed by atoms with E-state index in [1.165, 1.54) is 6.20 Å². The summed E-state index contributed by atoms with van der Waals surface area (Å²) < 4.78 is 1.68. The first-order chi connectivity index (χ1) is 13.5. The number of carbonyl (C=O) groups is 2. The van der Waals surface area contributed by atoms with Crippen molar-refractivity contribution in [3.8, 4) is 11.1 Å². The zero-order valence-corrected chi connectivity index (χ0v) is 16.3. The zero-order valence-electron chi connectivity index (χ0n) is 15.6. The molecule has 2 N–H and O–H groups in total. The minimum Gasteiger partial charge on any atom is -0.352 e. The molecular formula is C20H20ClN5O2. The van der Waals surface area contributed by atoms with E-state index in [2.05, 4.69) is 20.7 Å². The summed E-state index contributed by atoms with van der Waals surface area (Å²) >= 11 is 6.21. The molecule has 7 nitrogen and oxygen atoms in total. The van der Waals surface area contributed by atoms with Crippen molar-refractivity contribution in [1.82, 2.24) is 20.1 Å². The molecule has 8 heteroatoms. The van der Waals surface area contributed by atoms with Crippen molar-refractivity contribution in [2.75, 3.05) is 11.9 Å². The molecule has 1 aromatic carbocycles. The van der Waals surface area contributed by atoms with E-state index < -0.39 is 0 Å². The van der Waals surface area contributed by atoms with Crippen molar-refractivity contribution < 1.29 is 9.59 Å². The van der Waals surface area contributed by atoms with Gasteiger partial charge in [-0.1, -0.05) is 18.5 Å². The van der Waals surface area contributed by atoms with Crippen LogP contribution in [0.15, 0.2) is 49.1 Å². The molecule has 3 aromatic rings. The van der Waals surface area contributed by atoms with Crippen molar-refractivity contribution in [2.24, 2.45) is 7.05 Å². The molecule has 2 aromatic heterocycles. The number of amides is 2. The second kappa shape index (κ2) is 8.67. The number of nitrogens with zero attached hydrogens (tertiary/aromatic N) is 3. The Morgan fingerprint density at radius 2 is 1.93 bits per heavy atom. The van der Waals surface area contributed by atoms with E-state index in [1.54, 1.807) is 41.3 Å². The Hall–Kier alpha value is -3.19. The lowest BCUT2D eigenvalue weighted by molar-refractivity contribution is 0.0953. The number of rotatable bonds is 6. The van der Waals surface area contributed by atoms with Gasteiger partial charge in [-0.2, -0.15) is 5.10 Å². The molecule has 0 fully saturated rings. The predicted molar refractivity (Wildman–Crippen MR) is 108 cm³/mol. The second-order valence-electron chi connectivity index (χ2n) is 6.27. The van der Waals surface area contributed by atoms with Crippen LogP contribution in [0.4, 0.5) is 5.69 Å². The van der Waals surface area contributed by atoms with Crippen molar-refractivity contribution >= 4 is 29.1 Å². The summed E-state index contributed by atoms with van der Waals surface area (Å²) in [6, 6.07) is 6.53. The van der Waals surface area contributed by atoms with Gasteiger partial charge in [0, 0.05) is 49.0 Å².